The third kappa shape index (κ3) is 1.48. The van der Waals surface area contributed by atoms with Crippen LogP contribution in [0.1, 0.15) is 10.6 Å². The van der Waals surface area contributed by atoms with E-state index in [1.807, 2.05) is 11.4 Å². The minimum absolute atomic E-state index is 0.238. The lowest BCUT2D eigenvalue weighted by molar-refractivity contribution is 0.535. The number of anilines is 1. The SMILES string of the molecule is Nc1ncc(Cc2cccs2)o1. The minimum atomic E-state index is 0.238. The van der Waals surface area contributed by atoms with Crippen LogP contribution in [0.25, 0.3) is 0 Å². The number of nitrogens with two attached hydrogens (primary N) is 1. The molecule has 0 atom stereocenters. The van der Waals surface area contributed by atoms with Crippen molar-refractivity contribution in [3.63, 3.8) is 0 Å². The number of oxazole rings is 1. The molecular formula is C8H8N2OS. The molecule has 0 fully saturated rings. The van der Waals surface area contributed by atoms with Crippen molar-refractivity contribution >= 4 is 17.4 Å². The first kappa shape index (κ1) is 7.36. The molecule has 0 amide bonds. The molecule has 12 heavy (non-hydrogen) atoms. The molecule has 0 aliphatic heterocycles. The maximum Gasteiger partial charge on any atom is 0.292 e. The van der Waals surface area contributed by atoms with Gasteiger partial charge in [0, 0.05) is 11.3 Å². The maximum atomic E-state index is 5.33. The summed E-state index contributed by atoms with van der Waals surface area (Å²) < 4.78 is 5.13. The standard InChI is InChI=1S/C8H8N2OS/c9-8-10-5-6(11-8)4-7-2-1-3-12-7/h1-3,5H,4H2,(H2,9,10). The zero-order valence-electron chi connectivity index (χ0n) is 6.36. The topological polar surface area (TPSA) is 52.0 Å². The normalized spacial score (nSPS) is 10.3. The van der Waals surface area contributed by atoms with E-state index >= 15 is 0 Å². The molecule has 0 bridgehead atoms. The van der Waals surface area contributed by atoms with E-state index in [0.29, 0.717) is 0 Å². The first-order chi connectivity index (χ1) is 5.84. The van der Waals surface area contributed by atoms with Gasteiger partial charge in [-0.15, -0.1) is 11.3 Å². The third-order valence-corrected chi connectivity index (χ3v) is 2.38. The van der Waals surface area contributed by atoms with Crippen LogP contribution in [0, 0.1) is 0 Å². The Morgan fingerprint density at radius 2 is 2.50 bits per heavy atom. The van der Waals surface area contributed by atoms with Gasteiger partial charge in [0.1, 0.15) is 5.76 Å². The van der Waals surface area contributed by atoms with E-state index in [-0.39, 0.29) is 6.01 Å². The van der Waals surface area contributed by atoms with E-state index in [9.17, 15) is 0 Å². The Morgan fingerprint density at radius 3 is 3.08 bits per heavy atom. The molecule has 2 rings (SSSR count). The molecule has 2 heterocycles. The van der Waals surface area contributed by atoms with Crippen molar-refractivity contribution in [3.8, 4) is 0 Å². The van der Waals surface area contributed by atoms with Gasteiger partial charge >= 0.3 is 0 Å². The molecule has 4 heteroatoms. The Balaban J connectivity index is 2.14. The highest BCUT2D eigenvalue weighted by Crippen LogP contribution is 2.15. The maximum absolute atomic E-state index is 5.33. The lowest BCUT2D eigenvalue weighted by Crippen LogP contribution is -1.81. The number of rotatable bonds is 2. The second-order valence-corrected chi connectivity index (χ2v) is 3.45. The molecule has 0 aliphatic carbocycles. The Bertz CT molecular complexity index is 353. The Hall–Kier alpha value is -1.29. The summed E-state index contributed by atoms with van der Waals surface area (Å²) in [6.07, 6.45) is 2.44. The minimum Gasteiger partial charge on any atom is -0.429 e. The van der Waals surface area contributed by atoms with Crippen molar-refractivity contribution in [2.45, 2.75) is 6.42 Å². The molecule has 2 N–H and O–H groups in total. The predicted molar refractivity (Wildman–Crippen MR) is 48.0 cm³/mol. The van der Waals surface area contributed by atoms with Crippen LogP contribution in [-0.4, -0.2) is 4.98 Å². The van der Waals surface area contributed by atoms with Crippen molar-refractivity contribution in [3.05, 3.63) is 34.3 Å². The first-order valence-electron chi connectivity index (χ1n) is 3.57. The van der Waals surface area contributed by atoms with Crippen molar-refractivity contribution in [1.82, 2.24) is 4.98 Å². The first-order valence-corrected chi connectivity index (χ1v) is 4.45. The van der Waals surface area contributed by atoms with Crippen LogP contribution in [0.4, 0.5) is 6.01 Å². The van der Waals surface area contributed by atoms with Crippen molar-refractivity contribution in [2.24, 2.45) is 0 Å². The quantitative estimate of drug-likeness (QED) is 0.768. The van der Waals surface area contributed by atoms with E-state index in [2.05, 4.69) is 11.1 Å². The average molecular weight is 180 g/mol. The van der Waals surface area contributed by atoms with E-state index in [4.69, 9.17) is 10.2 Å². The van der Waals surface area contributed by atoms with Gasteiger partial charge in [-0.3, -0.25) is 0 Å². The molecule has 0 saturated carbocycles. The van der Waals surface area contributed by atoms with Crippen LogP contribution in [0.15, 0.2) is 28.1 Å². The highest BCUT2D eigenvalue weighted by Gasteiger charge is 2.01. The lowest BCUT2D eigenvalue weighted by Gasteiger charge is -1.89. The summed E-state index contributed by atoms with van der Waals surface area (Å²) in [5, 5.41) is 2.04. The van der Waals surface area contributed by atoms with Gasteiger partial charge in [-0.25, -0.2) is 4.98 Å². The van der Waals surface area contributed by atoms with Gasteiger partial charge < -0.3 is 10.2 Å². The molecule has 0 unspecified atom stereocenters. The van der Waals surface area contributed by atoms with Crippen LogP contribution >= 0.6 is 11.3 Å². The van der Waals surface area contributed by atoms with Crippen LogP contribution in [0.2, 0.25) is 0 Å². The predicted octanol–water partition coefficient (Wildman–Crippen LogP) is 1.91. The number of aromatic nitrogens is 1. The van der Waals surface area contributed by atoms with Gasteiger partial charge in [-0.2, -0.15) is 0 Å². The number of hydrogen-bond donors (Lipinski definition) is 1. The fraction of sp³-hybridized carbons (Fsp3) is 0.125. The summed E-state index contributed by atoms with van der Waals surface area (Å²) in [4.78, 5) is 5.07. The number of nitrogens with zero attached hydrogens (tertiary/aromatic N) is 1. The second kappa shape index (κ2) is 2.98. The summed E-state index contributed by atoms with van der Waals surface area (Å²) in [6, 6.07) is 4.31. The van der Waals surface area contributed by atoms with Crippen LogP contribution < -0.4 is 5.73 Å². The van der Waals surface area contributed by atoms with Gasteiger partial charge in [0.05, 0.1) is 6.20 Å². The highest BCUT2D eigenvalue weighted by atomic mass is 32.1. The zero-order chi connectivity index (χ0) is 8.39. The monoisotopic (exact) mass is 180 g/mol. The molecule has 2 aromatic rings. The number of thiophene rings is 1. The molecule has 2 aromatic heterocycles. The molecule has 0 radical (unpaired) electrons. The number of hydrogen-bond acceptors (Lipinski definition) is 4. The lowest BCUT2D eigenvalue weighted by atomic mass is 10.3. The summed E-state index contributed by atoms with van der Waals surface area (Å²) in [5.74, 6) is 0.815. The van der Waals surface area contributed by atoms with Crippen molar-refractivity contribution in [1.29, 1.82) is 0 Å². The zero-order valence-corrected chi connectivity index (χ0v) is 7.17. The Kier molecular flexibility index (Phi) is 1.83. The van der Waals surface area contributed by atoms with Crippen LogP contribution in [0.3, 0.4) is 0 Å². The molecule has 3 nitrogen and oxygen atoms in total. The molecule has 0 aliphatic rings. The van der Waals surface area contributed by atoms with Gasteiger partial charge in [-0.1, -0.05) is 6.07 Å². The summed E-state index contributed by atoms with van der Waals surface area (Å²) >= 11 is 1.70. The van der Waals surface area contributed by atoms with Gasteiger partial charge in [-0.05, 0) is 11.4 Å². The fourth-order valence-electron chi connectivity index (χ4n) is 0.989. The molecule has 0 spiro atoms. The van der Waals surface area contributed by atoms with Crippen molar-refractivity contribution in [2.75, 3.05) is 5.73 Å². The van der Waals surface area contributed by atoms with Gasteiger partial charge in [0.15, 0.2) is 0 Å². The van der Waals surface area contributed by atoms with E-state index in [1.54, 1.807) is 17.5 Å². The number of nitrogen functional groups attached to an aromatic ring is 1. The summed E-state index contributed by atoms with van der Waals surface area (Å²) in [5.41, 5.74) is 5.33. The van der Waals surface area contributed by atoms with E-state index in [0.717, 1.165) is 12.2 Å². The highest BCUT2D eigenvalue weighted by molar-refractivity contribution is 7.09. The van der Waals surface area contributed by atoms with Crippen molar-refractivity contribution < 1.29 is 4.42 Å². The van der Waals surface area contributed by atoms with Crippen LogP contribution in [-0.2, 0) is 6.42 Å². The Morgan fingerprint density at radius 1 is 1.58 bits per heavy atom. The second-order valence-electron chi connectivity index (χ2n) is 2.42. The van der Waals surface area contributed by atoms with Gasteiger partial charge in [0.25, 0.3) is 6.01 Å². The summed E-state index contributed by atoms with van der Waals surface area (Å²) in [6.45, 7) is 0. The molecule has 0 aromatic carbocycles. The smallest absolute Gasteiger partial charge is 0.292 e. The average Bonchev–Trinajstić information content (AvgIpc) is 2.63. The van der Waals surface area contributed by atoms with E-state index < -0.39 is 0 Å². The molecule has 62 valence electrons. The fourth-order valence-corrected chi connectivity index (χ4v) is 1.70. The van der Waals surface area contributed by atoms with Gasteiger partial charge in [0.2, 0.25) is 0 Å². The molecular weight excluding hydrogens is 172 g/mol. The largest absolute Gasteiger partial charge is 0.429 e. The molecule has 0 saturated heterocycles. The van der Waals surface area contributed by atoms with E-state index in [1.165, 1.54) is 4.88 Å². The van der Waals surface area contributed by atoms with Crippen LogP contribution in [0.5, 0.6) is 0 Å². The summed E-state index contributed by atoms with van der Waals surface area (Å²) in [7, 11) is 0. The Labute approximate surface area is 73.8 Å². The third-order valence-electron chi connectivity index (χ3n) is 1.50.